The van der Waals surface area contributed by atoms with Gasteiger partial charge in [-0.05, 0) is 42.5 Å². The Kier molecular flexibility index (Phi) is 5.55. The third kappa shape index (κ3) is 3.80. The molecule has 0 N–H and O–H groups in total. The van der Waals surface area contributed by atoms with Crippen molar-refractivity contribution < 1.29 is 14.3 Å². The van der Waals surface area contributed by atoms with Gasteiger partial charge in [0.25, 0.3) is 5.91 Å². The topological polar surface area (TPSA) is 51.1 Å². The standard InChI is InChI=1S/C24H19ClN2O3/c1-29-20-13-8-17(22(15-20)30-2)14-21-24(28)27(19-11-9-18(25)10-12-19)23(26-21)16-6-4-3-5-7-16/h3-15H,1-2H3/b21-14+. The van der Waals surface area contributed by atoms with E-state index < -0.39 is 0 Å². The van der Waals surface area contributed by atoms with Gasteiger partial charge in [-0.2, -0.15) is 0 Å². The number of aliphatic imine (C=N–C) groups is 1. The first kappa shape index (κ1) is 19.7. The minimum absolute atomic E-state index is 0.228. The highest BCUT2D eigenvalue weighted by Gasteiger charge is 2.32. The zero-order valence-electron chi connectivity index (χ0n) is 16.5. The Morgan fingerprint density at radius 2 is 1.67 bits per heavy atom. The Morgan fingerprint density at radius 1 is 0.933 bits per heavy atom. The lowest BCUT2D eigenvalue weighted by Crippen LogP contribution is -2.32. The minimum Gasteiger partial charge on any atom is -0.497 e. The van der Waals surface area contributed by atoms with E-state index in [2.05, 4.69) is 4.99 Å². The second-order valence-corrected chi connectivity index (χ2v) is 6.99. The second kappa shape index (κ2) is 8.43. The first-order chi connectivity index (χ1) is 14.6. The molecule has 0 bridgehead atoms. The van der Waals surface area contributed by atoms with Gasteiger partial charge in [0.1, 0.15) is 23.0 Å². The molecule has 0 aromatic heterocycles. The maximum Gasteiger partial charge on any atom is 0.282 e. The number of carbonyl (C=O) groups excluding carboxylic acids is 1. The van der Waals surface area contributed by atoms with Crippen molar-refractivity contribution in [3.05, 3.63) is 94.6 Å². The molecule has 0 unspecified atom stereocenters. The number of methoxy groups -OCH3 is 2. The first-order valence-corrected chi connectivity index (χ1v) is 9.66. The van der Waals surface area contributed by atoms with Crippen molar-refractivity contribution >= 4 is 35.1 Å². The molecule has 5 nitrogen and oxygen atoms in total. The van der Waals surface area contributed by atoms with E-state index in [-0.39, 0.29) is 5.91 Å². The Bertz CT molecular complexity index is 1140. The third-order valence-electron chi connectivity index (χ3n) is 4.71. The molecule has 0 saturated heterocycles. The summed E-state index contributed by atoms with van der Waals surface area (Å²) in [4.78, 5) is 19.6. The fourth-order valence-electron chi connectivity index (χ4n) is 3.21. The zero-order valence-corrected chi connectivity index (χ0v) is 17.3. The van der Waals surface area contributed by atoms with E-state index in [1.165, 1.54) is 0 Å². The highest BCUT2D eigenvalue weighted by Crippen LogP contribution is 2.31. The monoisotopic (exact) mass is 418 g/mol. The molecular formula is C24H19ClN2O3. The fourth-order valence-corrected chi connectivity index (χ4v) is 3.34. The number of amidine groups is 1. The van der Waals surface area contributed by atoms with Gasteiger partial charge in [-0.25, -0.2) is 4.99 Å². The van der Waals surface area contributed by atoms with Gasteiger partial charge in [-0.15, -0.1) is 0 Å². The van der Waals surface area contributed by atoms with E-state index in [4.69, 9.17) is 21.1 Å². The van der Waals surface area contributed by atoms with Crippen LogP contribution in [0.25, 0.3) is 6.08 Å². The Hall–Kier alpha value is -3.57. The van der Waals surface area contributed by atoms with Crippen molar-refractivity contribution in [2.45, 2.75) is 0 Å². The van der Waals surface area contributed by atoms with E-state index in [0.29, 0.717) is 33.7 Å². The number of benzene rings is 3. The van der Waals surface area contributed by atoms with E-state index >= 15 is 0 Å². The molecule has 150 valence electrons. The predicted molar refractivity (Wildman–Crippen MR) is 119 cm³/mol. The van der Waals surface area contributed by atoms with Crippen LogP contribution in [0.15, 0.2) is 83.5 Å². The van der Waals surface area contributed by atoms with Crippen LogP contribution in [0.3, 0.4) is 0 Å². The number of ether oxygens (including phenoxy) is 2. The molecule has 3 aromatic carbocycles. The summed E-state index contributed by atoms with van der Waals surface area (Å²) in [5.41, 5.74) is 2.58. The quantitative estimate of drug-likeness (QED) is 0.535. The predicted octanol–water partition coefficient (Wildman–Crippen LogP) is 5.19. The first-order valence-electron chi connectivity index (χ1n) is 9.28. The number of carbonyl (C=O) groups is 1. The Balaban J connectivity index is 1.82. The molecule has 0 aliphatic carbocycles. The number of halogens is 1. The molecule has 1 heterocycles. The summed E-state index contributed by atoms with van der Waals surface area (Å²) < 4.78 is 10.7. The number of rotatable bonds is 5. The molecule has 1 aliphatic heterocycles. The minimum atomic E-state index is -0.228. The molecule has 0 fully saturated rings. The van der Waals surface area contributed by atoms with Gasteiger partial charge in [-0.1, -0.05) is 41.9 Å². The number of anilines is 1. The summed E-state index contributed by atoms with van der Waals surface area (Å²) in [6, 6.07) is 22.1. The highest BCUT2D eigenvalue weighted by atomic mass is 35.5. The van der Waals surface area contributed by atoms with Crippen LogP contribution in [-0.4, -0.2) is 26.0 Å². The molecule has 0 atom stereocenters. The number of amides is 1. The average Bonchev–Trinajstić information content (AvgIpc) is 3.11. The van der Waals surface area contributed by atoms with Crippen LogP contribution in [0.1, 0.15) is 11.1 Å². The van der Waals surface area contributed by atoms with Crippen LogP contribution in [-0.2, 0) is 4.79 Å². The number of nitrogens with zero attached hydrogens (tertiary/aromatic N) is 2. The van der Waals surface area contributed by atoms with Crippen molar-refractivity contribution in [1.82, 2.24) is 0 Å². The largest absolute Gasteiger partial charge is 0.497 e. The van der Waals surface area contributed by atoms with Crippen LogP contribution in [0, 0.1) is 0 Å². The SMILES string of the molecule is COc1ccc(/C=C2/N=C(c3ccccc3)N(c3ccc(Cl)cc3)C2=O)c(OC)c1. The Morgan fingerprint density at radius 3 is 2.33 bits per heavy atom. The molecular weight excluding hydrogens is 400 g/mol. The maximum absolute atomic E-state index is 13.3. The summed E-state index contributed by atoms with van der Waals surface area (Å²) in [6.45, 7) is 0. The molecule has 3 aromatic rings. The average molecular weight is 419 g/mol. The molecule has 30 heavy (non-hydrogen) atoms. The molecule has 6 heteroatoms. The summed E-state index contributed by atoms with van der Waals surface area (Å²) in [6.07, 6.45) is 1.72. The molecule has 0 saturated carbocycles. The normalized spacial score (nSPS) is 14.8. The van der Waals surface area contributed by atoms with Crippen LogP contribution < -0.4 is 14.4 Å². The lowest BCUT2D eigenvalue weighted by Gasteiger charge is -2.18. The van der Waals surface area contributed by atoms with Crippen LogP contribution in [0.2, 0.25) is 5.02 Å². The second-order valence-electron chi connectivity index (χ2n) is 6.56. The van der Waals surface area contributed by atoms with E-state index in [0.717, 1.165) is 11.1 Å². The molecule has 4 rings (SSSR count). The van der Waals surface area contributed by atoms with E-state index in [1.807, 2.05) is 42.5 Å². The molecule has 1 amide bonds. The van der Waals surface area contributed by atoms with Gasteiger partial charge in [0.2, 0.25) is 0 Å². The summed E-state index contributed by atoms with van der Waals surface area (Å²) in [7, 11) is 3.17. The van der Waals surface area contributed by atoms with Crippen molar-refractivity contribution in [3.8, 4) is 11.5 Å². The van der Waals surface area contributed by atoms with Gasteiger partial charge in [0.15, 0.2) is 0 Å². The number of hydrogen-bond acceptors (Lipinski definition) is 4. The Labute approximate surface area is 179 Å². The van der Waals surface area contributed by atoms with Crippen molar-refractivity contribution in [2.75, 3.05) is 19.1 Å². The highest BCUT2D eigenvalue weighted by molar-refractivity contribution is 6.34. The van der Waals surface area contributed by atoms with Gasteiger partial charge in [0, 0.05) is 22.2 Å². The summed E-state index contributed by atoms with van der Waals surface area (Å²) >= 11 is 6.03. The van der Waals surface area contributed by atoms with Gasteiger partial charge in [0.05, 0.1) is 19.9 Å². The third-order valence-corrected chi connectivity index (χ3v) is 4.96. The van der Waals surface area contributed by atoms with Gasteiger partial charge < -0.3 is 9.47 Å². The van der Waals surface area contributed by atoms with E-state index in [9.17, 15) is 4.79 Å². The van der Waals surface area contributed by atoms with Crippen molar-refractivity contribution in [2.24, 2.45) is 4.99 Å². The maximum atomic E-state index is 13.3. The zero-order chi connectivity index (χ0) is 21.1. The van der Waals surface area contributed by atoms with Gasteiger partial charge in [-0.3, -0.25) is 9.69 Å². The molecule has 0 radical (unpaired) electrons. The lowest BCUT2D eigenvalue weighted by molar-refractivity contribution is -0.113. The smallest absolute Gasteiger partial charge is 0.282 e. The summed E-state index contributed by atoms with van der Waals surface area (Å²) in [5.74, 6) is 1.59. The van der Waals surface area contributed by atoms with Crippen molar-refractivity contribution in [3.63, 3.8) is 0 Å². The van der Waals surface area contributed by atoms with Crippen molar-refractivity contribution in [1.29, 1.82) is 0 Å². The van der Waals surface area contributed by atoms with Crippen LogP contribution in [0.4, 0.5) is 5.69 Å². The van der Waals surface area contributed by atoms with Crippen LogP contribution >= 0.6 is 11.6 Å². The number of hydrogen-bond donors (Lipinski definition) is 0. The van der Waals surface area contributed by atoms with Crippen LogP contribution in [0.5, 0.6) is 11.5 Å². The lowest BCUT2D eigenvalue weighted by atomic mass is 10.1. The summed E-state index contributed by atoms with van der Waals surface area (Å²) in [5, 5.41) is 0.599. The molecule has 0 spiro atoms. The van der Waals surface area contributed by atoms with E-state index in [1.54, 1.807) is 55.5 Å². The fraction of sp³-hybridized carbons (Fsp3) is 0.0833. The molecule has 1 aliphatic rings. The van der Waals surface area contributed by atoms with Gasteiger partial charge >= 0.3 is 0 Å².